The molecule has 3 aliphatic rings. The van der Waals surface area contributed by atoms with Gasteiger partial charge in [-0.2, -0.15) is 0 Å². The number of amides is 3. The van der Waals surface area contributed by atoms with Gasteiger partial charge in [0.15, 0.2) is 12.2 Å². The Labute approximate surface area is 149 Å². The number of anilines is 1. The highest BCUT2D eigenvalue weighted by Crippen LogP contribution is 2.37. The number of hydrogen-bond donors (Lipinski definition) is 1. The first-order valence-corrected chi connectivity index (χ1v) is 8.06. The van der Waals surface area contributed by atoms with Crippen LogP contribution >= 0.6 is 11.6 Å². The molecule has 1 N–H and O–H groups in total. The van der Waals surface area contributed by atoms with Crippen LogP contribution in [0, 0.1) is 0 Å². The summed E-state index contributed by atoms with van der Waals surface area (Å²) in [6.07, 6.45) is 1.29. The van der Waals surface area contributed by atoms with E-state index in [1.54, 1.807) is 31.2 Å². The van der Waals surface area contributed by atoms with Crippen LogP contribution in [0.15, 0.2) is 35.1 Å². The third kappa shape index (κ3) is 2.17. The van der Waals surface area contributed by atoms with Crippen molar-refractivity contribution >= 4 is 35.2 Å². The van der Waals surface area contributed by atoms with Crippen molar-refractivity contribution in [1.82, 2.24) is 15.1 Å². The van der Waals surface area contributed by atoms with Crippen molar-refractivity contribution in [3.8, 4) is 5.75 Å². The van der Waals surface area contributed by atoms with Gasteiger partial charge in [0.2, 0.25) is 5.96 Å². The summed E-state index contributed by atoms with van der Waals surface area (Å²) in [6, 6.07) is 4.40. The number of hydrogen-bond acceptors (Lipinski definition) is 6. The minimum Gasteiger partial charge on any atom is -0.495 e. The standard InChI is InChI=1S/C16H16ClN5O3/c1-8-7-21-12-13(20(2)16(24)19-14(12)23)18-15(21)22(8)9-4-5-11(25-3)10(17)6-9/h4-7,12-13H,1-3H3,(H,19,23,24). The topological polar surface area (TPSA) is 77.5 Å². The van der Waals surface area contributed by atoms with Crippen molar-refractivity contribution in [2.45, 2.75) is 19.1 Å². The molecule has 1 saturated heterocycles. The first-order valence-electron chi connectivity index (χ1n) is 7.68. The molecule has 0 radical (unpaired) electrons. The second-order valence-corrected chi connectivity index (χ2v) is 6.43. The van der Waals surface area contributed by atoms with Gasteiger partial charge in [-0.05, 0) is 25.1 Å². The van der Waals surface area contributed by atoms with Crippen LogP contribution in [0.2, 0.25) is 5.02 Å². The lowest BCUT2D eigenvalue weighted by Gasteiger charge is -2.34. The van der Waals surface area contributed by atoms with Gasteiger partial charge in [0.05, 0.1) is 17.8 Å². The van der Waals surface area contributed by atoms with Crippen LogP contribution in [0.5, 0.6) is 5.75 Å². The van der Waals surface area contributed by atoms with E-state index < -0.39 is 18.2 Å². The number of methoxy groups -OCH3 is 1. The van der Waals surface area contributed by atoms with E-state index in [-0.39, 0.29) is 5.91 Å². The maximum absolute atomic E-state index is 12.3. The van der Waals surface area contributed by atoms with Crippen molar-refractivity contribution in [3.63, 3.8) is 0 Å². The molecule has 1 fully saturated rings. The van der Waals surface area contributed by atoms with Gasteiger partial charge < -0.3 is 14.5 Å². The molecule has 4 rings (SSSR count). The van der Waals surface area contributed by atoms with Crippen LogP contribution in [0.25, 0.3) is 0 Å². The summed E-state index contributed by atoms with van der Waals surface area (Å²) in [4.78, 5) is 33.9. The smallest absolute Gasteiger partial charge is 0.325 e. The van der Waals surface area contributed by atoms with Crippen molar-refractivity contribution in [2.75, 3.05) is 19.1 Å². The van der Waals surface area contributed by atoms with Gasteiger partial charge in [0.25, 0.3) is 5.91 Å². The van der Waals surface area contributed by atoms with Crippen molar-refractivity contribution in [2.24, 2.45) is 4.99 Å². The molecule has 9 heteroatoms. The van der Waals surface area contributed by atoms with E-state index >= 15 is 0 Å². The summed E-state index contributed by atoms with van der Waals surface area (Å²) in [5, 5.41) is 2.83. The maximum atomic E-state index is 12.3. The fourth-order valence-electron chi connectivity index (χ4n) is 3.31. The number of rotatable bonds is 2. The number of urea groups is 1. The molecule has 0 saturated carbocycles. The lowest BCUT2D eigenvalue weighted by atomic mass is 10.1. The van der Waals surface area contributed by atoms with Gasteiger partial charge in [0.1, 0.15) is 5.75 Å². The summed E-state index contributed by atoms with van der Waals surface area (Å²) in [7, 11) is 3.18. The number of nitrogens with zero attached hydrogens (tertiary/aromatic N) is 4. The van der Waals surface area contributed by atoms with Crippen LogP contribution in [-0.4, -0.2) is 54.1 Å². The number of aliphatic imine (C=N–C) groups is 1. The number of guanidine groups is 1. The molecule has 1 aromatic rings. The Kier molecular flexibility index (Phi) is 3.40. The fourth-order valence-corrected chi connectivity index (χ4v) is 3.56. The van der Waals surface area contributed by atoms with Gasteiger partial charge in [-0.15, -0.1) is 0 Å². The Morgan fingerprint density at radius 2 is 2.08 bits per heavy atom. The summed E-state index contributed by atoms with van der Waals surface area (Å²) in [6.45, 7) is 1.92. The zero-order valence-corrected chi connectivity index (χ0v) is 14.6. The van der Waals surface area contributed by atoms with E-state index in [2.05, 4.69) is 10.3 Å². The highest BCUT2D eigenvalue weighted by Gasteiger charge is 2.51. The van der Waals surface area contributed by atoms with E-state index in [0.29, 0.717) is 16.7 Å². The molecule has 25 heavy (non-hydrogen) atoms. The Balaban J connectivity index is 1.75. The van der Waals surface area contributed by atoms with E-state index in [9.17, 15) is 9.59 Å². The van der Waals surface area contributed by atoms with Crippen LogP contribution in [0.4, 0.5) is 10.5 Å². The summed E-state index contributed by atoms with van der Waals surface area (Å²) >= 11 is 6.24. The number of carbonyl (C=O) groups excluding carboxylic acids is 2. The normalized spacial score (nSPS) is 24.7. The first-order chi connectivity index (χ1) is 11.9. The SMILES string of the molecule is COc1ccc(N2C(C)=CN3C2=NC2C3C(=O)NC(=O)N2C)cc1Cl. The number of likely N-dealkylation sites (N-methyl/N-ethyl adjacent to an activating group) is 1. The highest BCUT2D eigenvalue weighted by molar-refractivity contribution is 6.32. The molecule has 0 bridgehead atoms. The molecule has 3 heterocycles. The summed E-state index contributed by atoms with van der Waals surface area (Å²) in [5.41, 5.74) is 1.69. The zero-order valence-electron chi connectivity index (χ0n) is 13.9. The lowest BCUT2D eigenvalue weighted by Crippen LogP contribution is -2.62. The molecule has 1 aromatic carbocycles. The van der Waals surface area contributed by atoms with Crippen LogP contribution in [0.1, 0.15) is 6.92 Å². The van der Waals surface area contributed by atoms with Crippen molar-refractivity contribution < 1.29 is 14.3 Å². The second-order valence-electron chi connectivity index (χ2n) is 6.02. The fraction of sp³-hybridized carbons (Fsp3) is 0.312. The van der Waals surface area contributed by atoms with Gasteiger partial charge in [-0.25, -0.2) is 9.79 Å². The number of imide groups is 1. The van der Waals surface area contributed by atoms with Crippen LogP contribution in [0.3, 0.4) is 0 Å². The number of nitrogens with one attached hydrogen (secondary N) is 1. The molecule has 3 aliphatic heterocycles. The van der Waals surface area contributed by atoms with Crippen molar-refractivity contribution in [1.29, 1.82) is 0 Å². The molecule has 0 aliphatic carbocycles. The monoisotopic (exact) mass is 361 g/mol. The van der Waals surface area contributed by atoms with Crippen LogP contribution < -0.4 is 15.0 Å². The molecular weight excluding hydrogens is 346 g/mol. The number of benzene rings is 1. The quantitative estimate of drug-likeness (QED) is 0.865. The second kappa shape index (κ2) is 5.38. The van der Waals surface area contributed by atoms with Crippen molar-refractivity contribution in [3.05, 3.63) is 35.1 Å². The minimum atomic E-state index is -0.577. The van der Waals surface area contributed by atoms with Gasteiger partial charge in [-0.1, -0.05) is 11.6 Å². The van der Waals surface area contributed by atoms with Gasteiger partial charge >= 0.3 is 6.03 Å². The predicted molar refractivity (Wildman–Crippen MR) is 92.4 cm³/mol. The molecule has 8 nitrogen and oxygen atoms in total. The van der Waals surface area contributed by atoms with E-state index in [1.807, 2.05) is 24.1 Å². The maximum Gasteiger partial charge on any atom is 0.325 e. The molecule has 2 atom stereocenters. The summed E-state index contributed by atoms with van der Waals surface area (Å²) in [5.74, 6) is 0.811. The Bertz CT molecular complexity index is 852. The number of allylic oxidation sites excluding steroid dienone is 1. The first kappa shape index (κ1) is 15.8. The average molecular weight is 362 g/mol. The molecule has 2 unspecified atom stereocenters. The largest absolute Gasteiger partial charge is 0.495 e. The van der Waals surface area contributed by atoms with Gasteiger partial charge in [-0.3, -0.25) is 15.0 Å². The van der Waals surface area contributed by atoms with Gasteiger partial charge in [0, 0.05) is 18.9 Å². The number of ether oxygens (including phenoxy) is 1. The third-order valence-corrected chi connectivity index (χ3v) is 4.84. The minimum absolute atomic E-state index is 0.356. The molecule has 3 amide bonds. The Morgan fingerprint density at radius 1 is 1.32 bits per heavy atom. The van der Waals surface area contributed by atoms with E-state index in [4.69, 9.17) is 16.3 Å². The number of halogens is 1. The van der Waals surface area contributed by atoms with E-state index in [0.717, 1.165) is 11.4 Å². The zero-order chi connectivity index (χ0) is 17.9. The Hall–Kier alpha value is -2.74. The lowest BCUT2D eigenvalue weighted by molar-refractivity contribution is -0.126. The average Bonchev–Trinajstić information content (AvgIpc) is 3.07. The molecule has 130 valence electrons. The molecular formula is C16H16ClN5O3. The number of carbonyl (C=O) groups is 2. The third-order valence-electron chi connectivity index (χ3n) is 4.55. The predicted octanol–water partition coefficient (Wildman–Crippen LogP) is 1.58. The highest BCUT2D eigenvalue weighted by atomic mass is 35.5. The molecule has 0 spiro atoms. The molecule has 0 aromatic heterocycles. The van der Waals surface area contributed by atoms with E-state index in [1.165, 1.54) is 4.90 Å². The Morgan fingerprint density at radius 3 is 2.76 bits per heavy atom. The summed E-state index contributed by atoms with van der Waals surface area (Å²) < 4.78 is 5.19. The van der Waals surface area contributed by atoms with Crippen LogP contribution in [-0.2, 0) is 4.79 Å². The number of fused-ring (bicyclic) bond motifs is 3.